The molecule has 0 aromatic heterocycles. The normalized spacial score (nSPS) is 18.2. The topological polar surface area (TPSA) is 73.9 Å². The Morgan fingerprint density at radius 1 is 1.09 bits per heavy atom. The van der Waals surface area contributed by atoms with E-state index in [1.165, 1.54) is 0 Å². The zero-order valence-electron chi connectivity index (χ0n) is 18.1. The van der Waals surface area contributed by atoms with Gasteiger partial charge in [0.15, 0.2) is 0 Å². The molecule has 1 N–H and O–H groups in total. The molecule has 2 aromatic rings. The van der Waals surface area contributed by atoms with Crippen LogP contribution in [-0.2, 0) is 9.53 Å². The summed E-state index contributed by atoms with van der Waals surface area (Å²) in [7, 11) is 3.11. The molecule has 0 radical (unpaired) electrons. The van der Waals surface area contributed by atoms with E-state index in [9.17, 15) is 9.59 Å². The molecule has 170 valence electrons. The van der Waals surface area contributed by atoms with Crippen LogP contribution in [0.1, 0.15) is 35.2 Å². The lowest BCUT2D eigenvalue weighted by atomic mass is 9.84. The molecule has 0 heterocycles. The van der Waals surface area contributed by atoms with E-state index in [-0.39, 0.29) is 46.1 Å². The van der Waals surface area contributed by atoms with E-state index in [1.807, 2.05) is 12.2 Å². The molecule has 0 unspecified atom stereocenters. The maximum atomic E-state index is 13.0. The number of amides is 1. The van der Waals surface area contributed by atoms with Gasteiger partial charge in [0.2, 0.25) is 0 Å². The SMILES string of the molecule is CCOC(=O)[C@H](c1cc(OC)ccc1OC)[C@@H]1C=C[C@@H](NC(=O)c2c(Cl)cccc2Cl)C1. The van der Waals surface area contributed by atoms with Crippen molar-refractivity contribution in [3.63, 3.8) is 0 Å². The lowest BCUT2D eigenvalue weighted by Crippen LogP contribution is -2.34. The second-order valence-electron chi connectivity index (χ2n) is 7.30. The fraction of sp³-hybridized carbons (Fsp3) is 0.333. The summed E-state index contributed by atoms with van der Waals surface area (Å²) >= 11 is 12.3. The minimum Gasteiger partial charge on any atom is -0.497 e. The molecule has 0 saturated heterocycles. The number of hydrogen-bond acceptors (Lipinski definition) is 5. The number of methoxy groups -OCH3 is 2. The van der Waals surface area contributed by atoms with Crippen LogP contribution in [0.25, 0.3) is 0 Å². The molecule has 8 heteroatoms. The molecular weight excluding hydrogens is 453 g/mol. The van der Waals surface area contributed by atoms with Gasteiger partial charge in [-0.05, 0) is 49.6 Å². The average Bonchev–Trinajstić information content (AvgIpc) is 3.21. The fourth-order valence-electron chi connectivity index (χ4n) is 3.88. The number of rotatable bonds is 8. The lowest BCUT2D eigenvalue weighted by Gasteiger charge is -2.24. The summed E-state index contributed by atoms with van der Waals surface area (Å²) < 4.78 is 16.2. The Labute approximate surface area is 197 Å². The Kier molecular flexibility index (Phi) is 8.04. The van der Waals surface area contributed by atoms with Gasteiger partial charge in [-0.1, -0.05) is 41.4 Å². The summed E-state index contributed by atoms with van der Waals surface area (Å²) in [6.07, 6.45) is 4.28. The van der Waals surface area contributed by atoms with Gasteiger partial charge in [0, 0.05) is 11.6 Å². The van der Waals surface area contributed by atoms with E-state index in [1.54, 1.807) is 57.5 Å². The number of esters is 1. The summed E-state index contributed by atoms with van der Waals surface area (Å²) in [4.78, 5) is 25.7. The van der Waals surface area contributed by atoms with Crippen LogP contribution in [0, 0.1) is 5.92 Å². The Hall–Kier alpha value is -2.70. The molecule has 3 atom stereocenters. The maximum Gasteiger partial charge on any atom is 0.314 e. The molecule has 6 nitrogen and oxygen atoms in total. The average molecular weight is 478 g/mol. The molecule has 32 heavy (non-hydrogen) atoms. The Morgan fingerprint density at radius 3 is 2.44 bits per heavy atom. The first-order valence-corrected chi connectivity index (χ1v) is 11.0. The zero-order chi connectivity index (χ0) is 23.3. The lowest BCUT2D eigenvalue weighted by molar-refractivity contribution is -0.146. The Morgan fingerprint density at radius 2 is 1.81 bits per heavy atom. The number of ether oxygens (including phenoxy) is 3. The van der Waals surface area contributed by atoms with Gasteiger partial charge in [-0.2, -0.15) is 0 Å². The van der Waals surface area contributed by atoms with Crippen molar-refractivity contribution < 1.29 is 23.8 Å². The maximum absolute atomic E-state index is 13.0. The predicted molar refractivity (Wildman–Crippen MR) is 124 cm³/mol. The summed E-state index contributed by atoms with van der Waals surface area (Å²) in [6, 6.07) is 9.92. The summed E-state index contributed by atoms with van der Waals surface area (Å²) in [5.41, 5.74) is 0.894. The van der Waals surface area contributed by atoms with Crippen molar-refractivity contribution >= 4 is 35.1 Å². The predicted octanol–water partition coefficient (Wildman–Crippen LogP) is 5.03. The van der Waals surface area contributed by atoms with Gasteiger partial charge >= 0.3 is 5.97 Å². The van der Waals surface area contributed by atoms with Gasteiger partial charge in [-0.3, -0.25) is 9.59 Å². The van der Waals surface area contributed by atoms with Crippen molar-refractivity contribution in [1.82, 2.24) is 5.32 Å². The highest BCUT2D eigenvalue weighted by atomic mass is 35.5. The molecule has 1 aliphatic carbocycles. The van der Waals surface area contributed by atoms with Crippen LogP contribution in [-0.4, -0.2) is 38.7 Å². The van der Waals surface area contributed by atoms with E-state index in [0.29, 0.717) is 23.5 Å². The number of hydrogen-bond donors (Lipinski definition) is 1. The van der Waals surface area contributed by atoms with E-state index in [0.717, 1.165) is 0 Å². The number of allylic oxidation sites excluding steroid dienone is 1. The van der Waals surface area contributed by atoms with Crippen LogP contribution in [0.2, 0.25) is 10.0 Å². The van der Waals surface area contributed by atoms with E-state index < -0.39 is 5.92 Å². The van der Waals surface area contributed by atoms with Crippen molar-refractivity contribution in [1.29, 1.82) is 0 Å². The third-order valence-electron chi connectivity index (χ3n) is 5.36. The first-order valence-electron chi connectivity index (χ1n) is 10.2. The summed E-state index contributed by atoms with van der Waals surface area (Å²) in [5, 5.41) is 3.49. The van der Waals surface area contributed by atoms with Gasteiger partial charge in [-0.25, -0.2) is 0 Å². The van der Waals surface area contributed by atoms with E-state index in [2.05, 4.69) is 5.32 Å². The first kappa shape index (κ1) is 24.0. The second-order valence-corrected chi connectivity index (χ2v) is 8.11. The van der Waals surface area contributed by atoms with Crippen LogP contribution < -0.4 is 14.8 Å². The largest absolute Gasteiger partial charge is 0.497 e. The minimum absolute atomic E-state index is 0.220. The standard InChI is InChI=1S/C24H25Cl2NO5/c1-4-32-24(29)21(17-13-16(30-2)10-11-20(17)31-3)14-8-9-15(12-14)27-23(28)22-18(25)6-5-7-19(22)26/h5-11,13-15,21H,4,12H2,1-3H3,(H,27,28)/t14-,15-,21+/m1/s1. The molecule has 0 fully saturated rings. The highest BCUT2D eigenvalue weighted by Crippen LogP contribution is 2.40. The van der Waals surface area contributed by atoms with Gasteiger partial charge in [0.05, 0.1) is 42.4 Å². The highest BCUT2D eigenvalue weighted by Gasteiger charge is 2.36. The first-order chi connectivity index (χ1) is 15.4. The van der Waals surface area contributed by atoms with Crippen molar-refractivity contribution in [3.05, 3.63) is 69.7 Å². The molecule has 0 bridgehead atoms. The third-order valence-corrected chi connectivity index (χ3v) is 5.99. The molecule has 3 rings (SSSR count). The number of benzene rings is 2. The van der Waals surface area contributed by atoms with Crippen molar-refractivity contribution in [2.75, 3.05) is 20.8 Å². The van der Waals surface area contributed by atoms with Gasteiger partial charge in [0.1, 0.15) is 11.5 Å². The monoisotopic (exact) mass is 477 g/mol. The van der Waals surface area contributed by atoms with E-state index >= 15 is 0 Å². The smallest absolute Gasteiger partial charge is 0.314 e. The Bertz CT molecular complexity index is 1000. The van der Waals surface area contributed by atoms with Crippen LogP contribution in [0.4, 0.5) is 0 Å². The number of carbonyl (C=O) groups is 2. The quantitative estimate of drug-likeness (QED) is 0.426. The third kappa shape index (κ3) is 5.19. The van der Waals surface area contributed by atoms with Crippen molar-refractivity contribution in [3.8, 4) is 11.5 Å². The molecule has 1 aliphatic rings. The number of nitrogens with one attached hydrogen (secondary N) is 1. The molecule has 0 saturated carbocycles. The van der Waals surface area contributed by atoms with Gasteiger partial charge in [0.25, 0.3) is 5.91 Å². The van der Waals surface area contributed by atoms with Crippen LogP contribution >= 0.6 is 23.2 Å². The Balaban J connectivity index is 1.84. The molecular formula is C24H25Cl2NO5. The van der Waals surface area contributed by atoms with E-state index in [4.69, 9.17) is 37.4 Å². The number of halogens is 2. The van der Waals surface area contributed by atoms with Crippen LogP contribution in [0.3, 0.4) is 0 Å². The zero-order valence-corrected chi connectivity index (χ0v) is 19.6. The van der Waals surface area contributed by atoms with Crippen LogP contribution in [0.5, 0.6) is 11.5 Å². The summed E-state index contributed by atoms with van der Waals surface area (Å²) in [5.74, 6) is -0.413. The minimum atomic E-state index is -0.623. The fourth-order valence-corrected chi connectivity index (χ4v) is 4.45. The second kappa shape index (κ2) is 10.7. The molecule has 1 amide bonds. The van der Waals surface area contributed by atoms with Crippen molar-refractivity contribution in [2.45, 2.75) is 25.3 Å². The number of carbonyl (C=O) groups excluding carboxylic acids is 2. The van der Waals surface area contributed by atoms with Gasteiger partial charge < -0.3 is 19.5 Å². The van der Waals surface area contributed by atoms with Crippen molar-refractivity contribution in [2.24, 2.45) is 5.92 Å². The van der Waals surface area contributed by atoms with Gasteiger partial charge in [-0.15, -0.1) is 0 Å². The summed E-state index contributed by atoms with van der Waals surface area (Å²) in [6.45, 7) is 2.02. The molecule has 0 spiro atoms. The highest BCUT2D eigenvalue weighted by molar-refractivity contribution is 6.39. The molecule has 2 aromatic carbocycles. The van der Waals surface area contributed by atoms with Crippen LogP contribution in [0.15, 0.2) is 48.6 Å². The molecule has 0 aliphatic heterocycles.